The average molecular weight is 348 g/mol. The van der Waals surface area contributed by atoms with Crippen molar-refractivity contribution in [3.63, 3.8) is 0 Å². The zero-order valence-corrected chi connectivity index (χ0v) is 14.3. The summed E-state index contributed by atoms with van der Waals surface area (Å²) in [7, 11) is -0.550. The number of hydrogen-bond donors (Lipinski definition) is 2. The molecule has 1 atom stereocenters. The van der Waals surface area contributed by atoms with Gasteiger partial charge in [0.15, 0.2) is 0 Å². The third-order valence-corrected chi connectivity index (χ3v) is 3.82. The van der Waals surface area contributed by atoms with Crippen LogP contribution in [0.15, 0.2) is 30.8 Å². The summed E-state index contributed by atoms with van der Waals surface area (Å²) in [6.45, 7) is 3.36. The molecule has 1 aromatic carbocycles. The van der Waals surface area contributed by atoms with Crippen LogP contribution < -0.4 is 0 Å². The van der Waals surface area contributed by atoms with Crippen LogP contribution in [0, 0.1) is 0 Å². The summed E-state index contributed by atoms with van der Waals surface area (Å²) in [5.41, 5.74) is 1.85. The third-order valence-electron chi connectivity index (χ3n) is 3.33. The molecule has 0 aliphatic carbocycles. The predicted molar refractivity (Wildman–Crippen MR) is 83.3 cm³/mol. The first-order valence-electron chi connectivity index (χ1n) is 6.77. The van der Waals surface area contributed by atoms with Crippen molar-refractivity contribution in [1.29, 1.82) is 0 Å². The largest absolute Gasteiger partial charge is 0.469 e. The molecule has 0 heterocycles. The summed E-state index contributed by atoms with van der Waals surface area (Å²) in [5, 5.41) is 0. The van der Waals surface area contributed by atoms with Crippen molar-refractivity contribution in [2.45, 2.75) is 12.5 Å². The second kappa shape index (κ2) is 8.68. The van der Waals surface area contributed by atoms with E-state index in [0.29, 0.717) is 6.42 Å². The van der Waals surface area contributed by atoms with E-state index in [1.807, 2.05) is 24.3 Å². The summed E-state index contributed by atoms with van der Waals surface area (Å²) >= 11 is 0. The van der Waals surface area contributed by atoms with Crippen LogP contribution in [0.3, 0.4) is 0 Å². The molecule has 0 saturated carbocycles. The van der Waals surface area contributed by atoms with Crippen LogP contribution in [-0.2, 0) is 30.0 Å². The summed E-state index contributed by atoms with van der Waals surface area (Å²) in [5.74, 6) is 0. The Morgan fingerprint density at radius 1 is 1.17 bits per heavy atom. The molecule has 9 heteroatoms. The molecule has 1 rings (SSSR count). The van der Waals surface area contributed by atoms with Crippen LogP contribution in [0.5, 0.6) is 0 Å². The van der Waals surface area contributed by atoms with Gasteiger partial charge in [-0.3, -0.25) is 4.52 Å². The highest BCUT2D eigenvalue weighted by atomic mass is 31.2. The fourth-order valence-corrected chi connectivity index (χ4v) is 2.54. The topological polar surface area (TPSA) is 94.5 Å². The number of phosphoric acid groups is 1. The Labute approximate surface area is 135 Å². The van der Waals surface area contributed by atoms with Gasteiger partial charge in [0, 0.05) is 6.42 Å². The van der Waals surface area contributed by atoms with E-state index < -0.39 is 18.8 Å². The van der Waals surface area contributed by atoms with E-state index in [0.717, 1.165) is 11.1 Å². The highest BCUT2D eigenvalue weighted by Crippen LogP contribution is 2.37. The summed E-state index contributed by atoms with van der Waals surface area (Å²) < 4.78 is 15.6. The number of hydroxylamine groups is 3. The van der Waals surface area contributed by atoms with Gasteiger partial charge < -0.3 is 9.79 Å². The van der Waals surface area contributed by atoms with Crippen LogP contribution >= 0.6 is 7.82 Å². The molecular formula is C14H23NO7P+. The SMILES string of the molecule is C=Cc1ccc(CC(COP(=O)(O)O)[N+](OC)(OC)OC)cc1. The molecule has 0 saturated heterocycles. The minimum absolute atomic E-state index is 0.330. The maximum Gasteiger partial charge on any atom is 0.469 e. The minimum atomic E-state index is -4.63. The number of quaternary nitrogens is 1. The molecule has 1 unspecified atom stereocenters. The molecule has 0 radical (unpaired) electrons. The molecule has 0 amide bonds. The van der Waals surface area contributed by atoms with Crippen LogP contribution in [-0.4, -0.2) is 48.7 Å². The minimum Gasteiger partial charge on any atom is -0.303 e. The lowest BCUT2D eigenvalue weighted by Gasteiger charge is -2.32. The van der Waals surface area contributed by atoms with Crippen molar-refractivity contribution in [3.05, 3.63) is 42.0 Å². The smallest absolute Gasteiger partial charge is 0.303 e. The van der Waals surface area contributed by atoms with Gasteiger partial charge in [0.25, 0.3) is 0 Å². The fraction of sp³-hybridized carbons (Fsp3) is 0.429. The molecule has 0 aromatic heterocycles. The van der Waals surface area contributed by atoms with E-state index in [1.165, 1.54) is 21.3 Å². The van der Waals surface area contributed by atoms with E-state index in [9.17, 15) is 4.57 Å². The first kappa shape index (κ1) is 20.0. The van der Waals surface area contributed by atoms with E-state index in [2.05, 4.69) is 11.1 Å². The van der Waals surface area contributed by atoms with Crippen molar-refractivity contribution >= 4 is 13.9 Å². The lowest BCUT2D eigenvalue weighted by Crippen LogP contribution is -2.55. The average Bonchev–Trinajstić information content (AvgIpc) is 2.54. The van der Waals surface area contributed by atoms with E-state index in [4.69, 9.17) is 24.3 Å². The molecule has 0 fully saturated rings. The zero-order chi connectivity index (χ0) is 17.5. The molecule has 0 aliphatic heterocycles. The molecule has 8 nitrogen and oxygen atoms in total. The van der Waals surface area contributed by atoms with E-state index >= 15 is 0 Å². The van der Waals surface area contributed by atoms with Crippen molar-refractivity contribution < 1.29 is 38.4 Å². The van der Waals surface area contributed by atoms with Gasteiger partial charge >= 0.3 is 7.82 Å². The third kappa shape index (κ3) is 5.80. The summed E-state index contributed by atoms with van der Waals surface area (Å²) in [6.07, 6.45) is 2.06. The first-order valence-corrected chi connectivity index (χ1v) is 8.30. The molecule has 23 heavy (non-hydrogen) atoms. The van der Waals surface area contributed by atoms with Crippen molar-refractivity contribution in [2.24, 2.45) is 0 Å². The lowest BCUT2D eigenvalue weighted by atomic mass is 10.0. The maximum absolute atomic E-state index is 11.0. The number of hydrogen-bond acceptors (Lipinski definition) is 5. The van der Waals surface area contributed by atoms with E-state index in [1.54, 1.807) is 6.08 Å². The van der Waals surface area contributed by atoms with Crippen LogP contribution in [0.25, 0.3) is 6.08 Å². The number of nitrogens with zero attached hydrogens (tertiary/aromatic N) is 1. The number of rotatable bonds is 10. The van der Waals surface area contributed by atoms with Gasteiger partial charge in [0.05, 0.1) is 4.97 Å². The second-order valence-electron chi connectivity index (χ2n) is 4.68. The van der Waals surface area contributed by atoms with Gasteiger partial charge in [-0.25, -0.2) is 4.57 Å². The first-order chi connectivity index (χ1) is 10.8. The molecule has 0 aliphatic rings. The zero-order valence-electron chi connectivity index (χ0n) is 13.4. The predicted octanol–water partition coefficient (Wildman–Crippen LogP) is 1.85. The van der Waals surface area contributed by atoms with Gasteiger partial charge in [-0.1, -0.05) is 36.9 Å². The van der Waals surface area contributed by atoms with E-state index in [-0.39, 0.29) is 6.61 Å². The molecular weight excluding hydrogens is 325 g/mol. The van der Waals surface area contributed by atoms with Gasteiger partial charge in [-0.15, -0.1) is 14.5 Å². The summed E-state index contributed by atoms with van der Waals surface area (Å²) in [6, 6.07) is 6.83. The summed E-state index contributed by atoms with van der Waals surface area (Å²) in [4.78, 5) is 32.8. The van der Waals surface area contributed by atoms with Crippen LogP contribution in [0.2, 0.25) is 0 Å². The Morgan fingerprint density at radius 2 is 1.70 bits per heavy atom. The van der Waals surface area contributed by atoms with Gasteiger partial charge in [0.1, 0.15) is 27.9 Å². The molecule has 1 aromatic rings. The Morgan fingerprint density at radius 3 is 2.09 bits per heavy atom. The van der Waals surface area contributed by atoms with Crippen molar-refractivity contribution in [1.82, 2.24) is 0 Å². The lowest BCUT2D eigenvalue weighted by molar-refractivity contribution is -1.37. The van der Waals surface area contributed by atoms with Gasteiger partial charge in [-0.2, -0.15) is 0 Å². The van der Waals surface area contributed by atoms with Crippen molar-refractivity contribution in [3.8, 4) is 0 Å². The molecule has 0 spiro atoms. The van der Waals surface area contributed by atoms with Crippen LogP contribution in [0.1, 0.15) is 11.1 Å². The fourth-order valence-electron chi connectivity index (χ4n) is 2.18. The Balaban J connectivity index is 3.01. The van der Waals surface area contributed by atoms with Gasteiger partial charge in [-0.05, 0) is 11.1 Å². The standard InChI is InChI=1S/C14H22NO7P/c1-5-12-6-8-13(9-7-12)10-14(11-22-23(16,17)18)15(19-2,20-3)21-4/h5-9,14H,1,10-11H2,2-4H3,(H-,16,17,18)/p+1. The monoisotopic (exact) mass is 348 g/mol. The Hall–Kier alpha value is -1.09. The quantitative estimate of drug-likeness (QED) is 0.378. The molecule has 130 valence electrons. The highest BCUT2D eigenvalue weighted by Gasteiger charge is 2.43. The highest BCUT2D eigenvalue weighted by molar-refractivity contribution is 7.46. The van der Waals surface area contributed by atoms with Crippen molar-refractivity contribution in [2.75, 3.05) is 27.9 Å². The molecule has 0 bridgehead atoms. The number of benzene rings is 1. The number of phosphoric ester groups is 1. The maximum atomic E-state index is 11.0. The second-order valence-corrected chi connectivity index (χ2v) is 5.92. The van der Waals surface area contributed by atoms with Gasteiger partial charge in [0.2, 0.25) is 6.04 Å². The Kier molecular flexibility index (Phi) is 7.53. The normalized spacial score (nSPS) is 13.8. The van der Waals surface area contributed by atoms with Crippen LogP contribution in [0.4, 0.5) is 0 Å². The Bertz CT molecular complexity index is 530. The molecule has 2 N–H and O–H groups in total.